The van der Waals surface area contributed by atoms with E-state index in [0.29, 0.717) is 25.8 Å². The molecule has 1 atom stereocenters. The monoisotopic (exact) mass is 216 g/mol. The first-order chi connectivity index (χ1) is 7.33. The first kappa shape index (κ1) is 12.9. The molecule has 0 spiro atoms. The molecule has 0 amide bonds. The van der Waals surface area contributed by atoms with Crippen LogP contribution in [0.15, 0.2) is 0 Å². The van der Waals surface area contributed by atoms with Gasteiger partial charge in [-0.3, -0.25) is 0 Å². The Morgan fingerprint density at radius 3 is 2.73 bits per heavy atom. The van der Waals surface area contributed by atoms with E-state index in [1.165, 1.54) is 19.3 Å². The largest absolute Gasteiger partial charge is 0.389 e. The molecule has 4 nitrogen and oxygen atoms in total. The van der Waals surface area contributed by atoms with Crippen molar-refractivity contribution in [2.24, 2.45) is 5.73 Å². The average Bonchev–Trinajstić information content (AvgIpc) is 2.28. The summed E-state index contributed by atoms with van der Waals surface area (Å²) in [5.74, 6) is 0. The van der Waals surface area contributed by atoms with Crippen molar-refractivity contribution >= 4 is 0 Å². The molecule has 4 N–H and O–H groups in total. The maximum Gasteiger partial charge on any atom is 0.0897 e. The van der Waals surface area contributed by atoms with Crippen LogP contribution < -0.4 is 11.1 Å². The van der Waals surface area contributed by atoms with Gasteiger partial charge in [0.05, 0.1) is 18.8 Å². The van der Waals surface area contributed by atoms with Crippen LogP contribution in [0.1, 0.15) is 32.1 Å². The van der Waals surface area contributed by atoms with Gasteiger partial charge in [0.15, 0.2) is 0 Å². The van der Waals surface area contributed by atoms with Crippen molar-refractivity contribution in [3.8, 4) is 0 Å². The third-order valence-corrected chi connectivity index (χ3v) is 2.78. The minimum absolute atomic E-state index is 0.378. The second-order valence-corrected chi connectivity index (χ2v) is 4.24. The van der Waals surface area contributed by atoms with Crippen LogP contribution in [0.2, 0.25) is 0 Å². The molecule has 0 aromatic rings. The molecule has 1 aliphatic rings. The number of ether oxygens (including phenoxy) is 1. The Labute approximate surface area is 92.2 Å². The lowest BCUT2D eigenvalue weighted by atomic mass is 9.98. The molecule has 0 aromatic heterocycles. The standard InChI is InChI=1S/C11H24N2O2/c12-6-7-13-8-10(14)9-15-11-4-2-1-3-5-11/h10-11,13-14H,1-9,12H2. The highest BCUT2D eigenvalue weighted by Gasteiger charge is 2.15. The minimum atomic E-state index is -0.404. The number of hydrogen-bond donors (Lipinski definition) is 3. The quantitative estimate of drug-likeness (QED) is 0.533. The maximum atomic E-state index is 9.58. The molecule has 1 saturated carbocycles. The van der Waals surface area contributed by atoms with Crippen LogP contribution in [0.3, 0.4) is 0 Å². The zero-order valence-corrected chi connectivity index (χ0v) is 9.45. The van der Waals surface area contributed by atoms with Crippen LogP contribution in [0.5, 0.6) is 0 Å². The summed E-state index contributed by atoms with van der Waals surface area (Å²) in [5.41, 5.74) is 5.33. The third-order valence-electron chi connectivity index (χ3n) is 2.78. The van der Waals surface area contributed by atoms with Gasteiger partial charge in [-0.1, -0.05) is 19.3 Å². The predicted octanol–water partition coefficient (Wildman–Crippen LogP) is 0.245. The Morgan fingerprint density at radius 2 is 2.07 bits per heavy atom. The molecule has 0 radical (unpaired) electrons. The Morgan fingerprint density at radius 1 is 1.33 bits per heavy atom. The summed E-state index contributed by atoms with van der Waals surface area (Å²) in [6.45, 7) is 2.38. The third kappa shape index (κ3) is 6.10. The zero-order chi connectivity index (χ0) is 10.9. The van der Waals surface area contributed by atoms with Crippen molar-refractivity contribution < 1.29 is 9.84 Å². The lowest BCUT2D eigenvalue weighted by Gasteiger charge is -2.23. The van der Waals surface area contributed by atoms with Gasteiger partial charge in [0, 0.05) is 19.6 Å². The van der Waals surface area contributed by atoms with Crippen molar-refractivity contribution in [1.82, 2.24) is 5.32 Å². The summed E-state index contributed by atoms with van der Waals surface area (Å²) in [5, 5.41) is 12.6. The first-order valence-electron chi connectivity index (χ1n) is 6.03. The lowest BCUT2D eigenvalue weighted by molar-refractivity contribution is -0.0228. The summed E-state index contributed by atoms with van der Waals surface area (Å²) < 4.78 is 5.65. The second-order valence-electron chi connectivity index (χ2n) is 4.24. The van der Waals surface area contributed by atoms with E-state index in [9.17, 15) is 5.11 Å². The maximum absolute atomic E-state index is 9.58. The molecule has 0 saturated heterocycles. The Hall–Kier alpha value is -0.160. The van der Waals surface area contributed by atoms with E-state index >= 15 is 0 Å². The Kier molecular flexibility index (Phi) is 6.92. The molecule has 1 fully saturated rings. The lowest BCUT2D eigenvalue weighted by Crippen LogP contribution is -2.34. The van der Waals surface area contributed by atoms with Gasteiger partial charge in [0.1, 0.15) is 0 Å². The number of nitrogens with one attached hydrogen (secondary N) is 1. The van der Waals surface area contributed by atoms with Crippen molar-refractivity contribution in [2.75, 3.05) is 26.2 Å². The molecule has 0 aliphatic heterocycles. The molecular weight excluding hydrogens is 192 g/mol. The number of aliphatic hydroxyl groups excluding tert-OH is 1. The highest BCUT2D eigenvalue weighted by Crippen LogP contribution is 2.20. The number of aliphatic hydroxyl groups is 1. The fraction of sp³-hybridized carbons (Fsp3) is 1.00. The van der Waals surface area contributed by atoms with Crippen molar-refractivity contribution in [3.05, 3.63) is 0 Å². The molecule has 90 valence electrons. The van der Waals surface area contributed by atoms with Gasteiger partial charge in [-0.15, -0.1) is 0 Å². The second kappa shape index (κ2) is 8.05. The van der Waals surface area contributed by atoms with E-state index in [4.69, 9.17) is 10.5 Å². The molecular formula is C11H24N2O2. The first-order valence-corrected chi connectivity index (χ1v) is 6.03. The van der Waals surface area contributed by atoms with Crippen molar-refractivity contribution in [2.45, 2.75) is 44.3 Å². The van der Waals surface area contributed by atoms with Crippen LogP contribution in [0, 0.1) is 0 Å². The molecule has 0 bridgehead atoms. The summed E-state index contributed by atoms with van der Waals surface area (Å²) in [7, 11) is 0. The Balaban J connectivity index is 1.97. The average molecular weight is 216 g/mol. The zero-order valence-electron chi connectivity index (χ0n) is 9.45. The van der Waals surface area contributed by atoms with E-state index in [2.05, 4.69) is 5.32 Å². The SMILES string of the molecule is NCCNCC(O)COC1CCCCC1. The highest BCUT2D eigenvalue weighted by atomic mass is 16.5. The number of nitrogens with two attached hydrogens (primary N) is 1. The molecule has 1 unspecified atom stereocenters. The van der Waals surface area contributed by atoms with E-state index < -0.39 is 6.10 Å². The van der Waals surface area contributed by atoms with Crippen LogP contribution in [0.25, 0.3) is 0 Å². The van der Waals surface area contributed by atoms with Crippen LogP contribution in [-0.2, 0) is 4.74 Å². The van der Waals surface area contributed by atoms with Gasteiger partial charge in [0.25, 0.3) is 0 Å². The molecule has 0 heterocycles. The van der Waals surface area contributed by atoms with Crippen molar-refractivity contribution in [1.29, 1.82) is 0 Å². The molecule has 1 aliphatic carbocycles. The van der Waals surface area contributed by atoms with Crippen LogP contribution in [0.4, 0.5) is 0 Å². The summed E-state index contributed by atoms with van der Waals surface area (Å²) in [6, 6.07) is 0. The fourth-order valence-electron chi connectivity index (χ4n) is 1.91. The van der Waals surface area contributed by atoms with Crippen LogP contribution in [-0.4, -0.2) is 43.6 Å². The van der Waals surface area contributed by atoms with Gasteiger partial charge < -0.3 is 20.9 Å². The van der Waals surface area contributed by atoms with Gasteiger partial charge in [-0.05, 0) is 12.8 Å². The van der Waals surface area contributed by atoms with E-state index in [1.807, 2.05) is 0 Å². The fourth-order valence-corrected chi connectivity index (χ4v) is 1.91. The smallest absolute Gasteiger partial charge is 0.0897 e. The summed E-state index contributed by atoms with van der Waals surface area (Å²) in [4.78, 5) is 0. The highest BCUT2D eigenvalue weighted by molar-refractivity contribution is 4.67. The van der Waals surface area contributed by atoms with Gasteiger partial charge in [0.2, 0.25) is 0 Å². The minimum Gasteiger partial charge on any atom is -0.389 e. The van der Waals surface area contributed by atoms with Gasteiger partial charge in [-0.2, -0.15) is 0 Å². The molecule has 0 aromatic carbocycles. The topological polar surface area (TPSA) is 67.5 Å². The normalized spacial score (nSPS) is 20.4. The summed E-state index contributed by atoms with van der Waals surface area (Å²) >= 11 is 0. The van der Waals surface area contributed by atoms with E-state index in [1.54, 1.807) is 0 Å². The van der Waals surface area contributed by atoms with E-state index in [0.717, 1.165) is 19.4 Å². The predicted molar refractivity (Wildman–Crippen MR) is 60.8 cm³/mol. The number of hydrogen-bond acceptors (Lipinski definition) is 4. The van der Waals surface area contributed by atoms with Gasteiger partial charge in [-0.25, -0.2) is 0 Å². The van der Waals surface area contributed by atoms with Crippen LogP contribution >= 0.6 is 0 Å². The molecule has 15 heavy (non-hydrogen) atoms. The van der Waals surface area contributed by atoms with E-state index in [-0.39, 0.29) is 0 Å². The molecule has 4 heteroatoms. The van der Waals surface area contributed by atoms with Gasteiger partial charge >= 0.3 is 0 Å². The van der Waals surface area contributed by atoms with Crippen molar-refractivity contribution in [3.63, 3.8) is 0 Å². The Bertz CT molecular complexity index is 150. The summed E-state index contributed by atoms with van der Waals surface area (Å²) in [6.07, 6.45) is 6.16. The molecule has 1 rings (SSSR count). The number of rotatable bonds is 7.